The second-order valence-corrected chi connectivity index (χ2v) is 7.37. The van der Waals surface area contributed by atoms with Gasteiger partial charge in [-0.1, -0.05) is 18.6 Å². The molecule has 1 amide bonds. The lowest BCUT2D eigenvalue weighted by molar-refractivity contribution is -0.157. The number of carbonyl (C=O) groups excluding carboxylic acids is 1. The number of hydrogen-bond acceptors (Lipinski definition) is 4. The summed E-state index contributed by atoms with van der Waals surface area (Å²) in [5.41, 5.74) is -0.0238. The van der Waals surface area contributed by atoms with Gasteiger partial charge in [0.2, 0.25) is 5.91 Å². The normalized spacial score (nSPS) is 18.8. The minimum absolute atomic E-state index is 0.0329. The van der Waals surface area contributed by atoms with Gasteiger partial charge in [0.25, 0.3) is 0 Å². The van der Waals surface area contributed by atoms with Crippen molar-refractivity contribution in [3.8, 4) is 11.5 Å². The lowest BCUT2D eigenvalue weighted by Gasteiger charge is -2.36. The summed E-state index contributed by atoms with van der Waals surface area (Å²) in [5.74, 6) is 0.232. The van der Waals surface area contributed by atoms with E-state index in [1.807, 2.05) is 18.2 Å². The number of carboxylic acid groups (broad SMARTS) is 1. The molecule has 0 saturated heterocycles. The van der Waals surface area contributed by atoms with Crippen molar-refractivity contribution in [3.05, 3.63) is 23.8 Å². The fraction of sp³-hybridized carbons (Fsp3) is 0.600. The summed E-state index contributed by atoms with van der Waals surface area (Å²) < 4.78 is 11.6. The molecule has 1 aromatic rings. The summed E-state index contributed by atoms with van der Waals surface area (Å²) in [4.78, 5) is 23.7. The number of ether oxygens (including phenoxy) is 2. The van der Waals surface area contributed by atoms with Gasteiger partial charge in [0, 0.05) is 18.5 Å². The number of rotatable bonds is 8. The van der Waals surface area contributed by atoms with Crippen molar-refractivity contribution >= 4 is 11.9 Å². The topological polar surface area (TPSA) is 84.9 Å². The molecule has 1 aromatic carbocycles. The SMILES string of the molecule is COc1cccc(CNC(=O)CC2(C(=O)O)CCC2)c1OC1CCCC1. The molecule has 0 atom stereocenters. The van der Waals surface area contributed by atoms with Gasteiger partial charge in [0.15, 0.2) is 11.5 Å². The van der Waals surface area contributed by atoms with Crippen LogP contribution in [0.2, 0.25) is 0 Å². The van der Waals surface area contributed by atoms with E-state index in [0.29, 0.717) is 30.9 Å². The van der Waals surface area contributed by atoms with Gasteiger partial charge in [-0.05, 0) is 44.6 Å². The highest BCUT2D eigenvalue weighted by molar-refractivity contribution is 5.85. The number of amides is 1. The molecule has 0 heterocycles. The number of methoxy groups -OCH3 is 1. The number of aliphatic carboxylic acids is 1. The van der Waals surface area contributed by atoms with E-state index in [4.69, 9.17) is 9.47 Å². The number of hydrogen-bond donors (Lipinski definition) is 2. The quantitative estimate of drug-likeness (QED) is 0.742. The molecule has 2 saturated carbocycles. The summed E-state index contributed by atoms with van der Waals surface area (Å²) in [5, 5.41) is 12.2. The number of carboxylic acids is 1. The minimum Gasteiger partial charge on any atom is -0.493 e. The molecule has 26 heavy (non-hydrogen) atoms. The van der Waals surface area contributed by atoms with E-state index in [1.165, 1.54) is 12.8 Å². The standard InChI is InChI=1S/C20H27NO5/c1-25-16-9-4-6-14(18(16)26-15-7-2-3-8-15)13-21-17(22)12-20(19(23)24)10-5-11-20/h4,6,9,15H,2-3,5,7-8,10-13H2,1H3,(H,21,22)(H,23,24). The molecule has 0 spiro atoms. The highest BCUT2D eigenvalue weighted by Gasteiger charge is 2.45. The van der Waals surface area contributed by atoms with Gasteiger partial charge in [-0.15, -0.1) is 0 Å². The monoisotopic (exact) mass is 361 g/mol. The first-order valence-electron chi connectivity index (χ1n) is 9.37. The predicted octanol–water partition coefficient (Wildman–Crippen LogP) is 3.28. The third-order valence-electron chi connectivity index (χ3n) is 5.61. The highest BCUT2D eigenvalue weighted by atomic mass is 16.5. The molecule has 0 bridgehead atoms. The van der Waals surface area contributed by atoms with Crippen molar-refractivity contribution in [2.24, 2.45) is 5.41 Å². The Morgan fingerprint density at radius 3 is 2.54 bits per heavy atom. The molecule has 2 aliphatic carbocycles. The van der Waals surface area contributed by atoms with Gasteiger partial charge in [0.1, 0.15) is 0 Å². The van der Waals surface area contributed by atoms with Crippen molar-refractivity contribution in [3.63, 3.8) is 0 Å². The Hall–Kier alpha value is -2.24. The van der Waals surface area contributed by atoms with Crippen LogP contribution in [0.15, 0.2) is 18.2 Å². The van der Waals surface area contributed by atoms with Crippen molar-refractivity contribution in [2.75, 3.05) is 7.11 Å². The Balaban J connectivity index is 1.65. The maximum Gasteiger partial charge on any atom is 0.310 e. The van der Waals surface area contributed by atoms with Crippen molar-refractivity contribution in [1.29, 1.82) is 0 Å². The Labute approximate surface area is 153 Å². The van der Waals surface area contributed by atoms with E-state index in [0.717, 1.165) is 24.8 Å². The van der Waals surface area contributed by atoms with Crippen LogP contribution in [-0.2, 0) is 16.1 Å². The van der Waals surface area contributed by atoms with E-state index in [2.05, 4.69) is 5.32 Å². The van der Waals surface area contributed by atoms with Crippen LogP contribution in [0.5, 0.6) is 11.5 Å². The second-order valence-electron chi connectivity index (χ2n) is 7.37. The van der Waals surface area contributed by atoms with Crippen LogP contribution in [-0.4, -0.2) is 30.2 Å². The average Bonchev–Trinajstić information content (AvgIpc) is 3.09. The van der Waals surface area contributed by atoms with Crippen LogP contribution in [0.4, 0.5) is 0 Å². The first-order chi connectivity index (χ1) is 12.5. The maximum atomic E-state index is 12.3. The zero-order chi connectivity index (χ0) is 18.6. The molecule has 142 valence electrons. The highest BCUT2D eigenvalue weighted by Crippen LogP contribution is 2.44. The summed E-state index contributed by atoms with van der Waals surface area (Å²) in [7, 11) is 1.60. The molecular formula is C20H27NO5. The minimum atomic E-state index is -0.873. The number of para-hydroxylation sites is 1. The zero-order valence-electron chi connectivity index (χ0n) is 15.3. The van der Waals surface area contributed by atoms with Gasteiger partial charge < -0.3 is 19.9 Å². The molecule has 2 fully saturated rings. The third kappa shape index (κ3) is 3.94. The molecular weight excluding hydrogens is 334 g/mol. The first-order valence-corrected chi connectivity index (χ1v) is 9.37. The van der Waals surface area contributed by atoms with E-state index in [1.54, 1.807) is 7.11 Å². The van der Waals surface area contributed by atoms with Crippen molar-refractivity contribution in [2.45, 2.75) is 64.0 Å². The van der Waals surface area contributed by atoms with Gasteiger partial charge in [-0.2, -0.15) is 0 Å². The molecule has 2 N–H and O–H groups in total. The van der Waals surface area contributed by atoms with Crippen LogP contribution in [0.25, 0.3) is 0 Å². The Bertz CT molecular complexity index is 662. The predicted molar refractivity (Wildman–Crippen MR) is 96.3 cm³/mol. The third-order valence-corrected chi connectivity index (χ3v) is 5.61. The van der Waals surface area contributed by atoms with Gasteiger partial charge in [0.05, 0.1) is 18.6 Å². The Kier molecular flexibility index (Phi) is 5.69. The average molecular weight is 361 g/mol. The van der Waals surface area contributed by atoms with Gasteiger partial charge in [-0.25, -0.2) is 0 Å². The summed E-state index contributed by atoms with van der Waals surface area (Å²) in [6.07, 6.45) is 6.64. The van der Waals surface area contributed by atoms with Crippen LogP contribution < -0.4 is 14.8 Å². The fourth-order valence-electron chi connectivity index (χ4n) is 3.80. The maximum absolute atomic E-state index is 12.3. The van der Waals surface area contributed by atoms with Crippen LogP contribution in [0.1, 0.15) is 56.9 Å². The number of nitrogens with one attached hydrogen (secondary N) is 1. The van der Waals surface area contributed by atoms with E-state index in [-0.39, 0.29) is 18.4 Å². The molecule has 0 aromatic heterocycles. The van der Waals surface area contributed by atoms with Crippen LogP contribution in [0, 0.1) is 5.41 Å². The number of benzene rings is 1. The fourth-order valence-corrected chi connectivity index (χ4v) is 3.80. The van der Waals surface area contributed by atoms with Crippen LogP contribution in [0.3, 0.4) is 0 Å². The van der Waals surface area contributed by atoms with Crippen molar-refractivity contribution in [1.82, 2.24) is 5.32 Å². The molecule has 3 rings (SSSR count). The van der Waals surface area contributed by atoms with E-state index < -0.39 is 11.4 Å². The van der Waals surface area contributed by atoms with Crippen LogP contribution >= 0.6 is 0 Å². The first kappa shape index (κ1) is 18.5. The second kappa shape index (κ2) is 7.98. The largest absolute Gasteiger partial charge is 0.493 e. The lowest BCUT2D eigenvalue weighted by Crippen LogP contribution is -2.42. The smallest absolute Gasteiger partial charge is 0.310 e. The van der Waals surface area contributed by atoms with Gasteiger partial charge >= 0.3 is 5.97 Å². The summed E-state index contributed by atoms with van der Waals surface area (Å²) in [6, 6.07) is 5.62. The van der Waals surface area contributed by atoms with E-state index >= 15 is 0 Å². The lowest BCUT2D eigenvalue weighted by atomic mass is 9.66. The molecule has 0 radical (unpaired) electrons. The summed E-state index contributed by atoms with van der Waals surface area (Å²) in [6.45, 7) is 0.299. The van der Waals surface area contributed by atoms with Crippen molar-refractivity contribution < 1.29 is 24.2 Å². The Morgan fingerprint density at radius 1 is 1.23 bits per heavy atom. The molecule has 0 aliphatic heterocycles. The zero-order valence-corrected chi connectivity index (χ0v) is 15.3. The molecule has 0 unspecified atom stereocenters. The molecule has 6 heteroatoms. The molecule has 2 aliphatic rings. The number of carbonyl (C=O) groups is 2. The molecule has 6 nitrogen and oxygen atoms in total. The van der Waals surface area contributed by atoms with Gasteiger partial charge in [-0.3, -0.25) is 9.59 Å². The summed E-state index contributed by atoms with van der Waals surface area (Å²) >= 11 is 0. The van der Waals surface area contributed by atoms with E-state index in [9.17, 15) is 14.7 Å². The Morgan fingerprint density at radius 2 is 1.96 bits per heavy atom.